The lowest BCUT2D eigenvalue weighted by Crippen LogP contribution is -2.38. The van der Waals surface area contributed by atoms with E-state index in [1.807, 2.05) is 11.8 Å². The molecule has 0 aromatic carbocycles. The number of pyridine rings is 1. The molecule has 1 fully saturated rings. The number of thiocarbonyl (C=S) groups is 1. The van der Waals surface area contributed by atoms with Crippen molar-refractivity contribution >= 4 is 34.9 Å². The Morgan fingerprint density at radius 2 is 2.39 bits per heavy atom. The first-order chi connectivity index (χ1) is 8.66. The van der Waals surface area contributed by atoms with Crippen molar-refractivity contribution in [1.82, 2.24) is 10.3 Å². The summed E-state index contributed by atoms with van der Waals surface area (Å²) in [6, 6.07) is 3.63. The number of carbonyl (C=O) groups excluding carboxylic acids is 1. The summed E-state index contributed by atoms with van der Waals surface area (Å²) in [5.41, 5.74) is 6.56. The van der Waals surface area contributed by atoms with Crippen molar-refractivity contribution in [2.24, 2.45) is 5.73 Å². The Labute approximate surface area is 116 Å². The van der Waals surface area contributed by atoms with Crippen molar-refractivity contribution in [2.75, 3.05) is 11.5 Å². The third-order valence-corrected chi connectivity index (χ3v) is 4.23. The third kappa shape index (κ3) is 3.43. The molecule has 2 heterocycles. The molecule has 0 radical (unpaired) electrons. The lowest BCUT2D eigenvalue weighted by Gasteiger charge is -2.22. The summed E-state index contributed by atoms with van der Waals surface area (Å²) in [5.74, 6) is 2.04. The number of rotatable bonds is 3. The van der Waals surface area contributed by atoms with Gasteiger partial charge in [0.25, 0.3) is 5.91 Å². The maximum absolute atomic E-state index is 11.9. The van der Waals surface area contributed by atoms with Gasteiger partial charge in [-0.15, -0.1) is 0 Å². The highest BCUT2D eigenvalue weighted by Gasteiger charge is 2.17. The fourth-order valence-electron chi connectivity index (χ4n) is 1.79. The second kappa shape index (κ2) is 6.15. The summed E-state index contributed by atoms with van der Waals surface area (Å²) in [7, 11) is 0. The van der Waals surface area contributed by atoms with Gasteiger partial charge in [0.2, 0.25) is 0 Å². The van der Waals surface area contributed by atoms with E-state index in [-0.39, 0.29) is 16.9 Å². The van der Waals surface area contributed by atoms with E-state index in [0.29, 0.717) is 11.3 Å². The highest BCUT2D eigenvalue weighted by atomic mass is 32.2. The average molecular weight is 281 g/mol. The van der Waals surface area contributed by atoms with Gasteiger partial charge in [-0.3, -0.25) is 9.78 Å². The summed E-state index contributed by atoms with van der Waals surface area (Å²) in [6.07, 6.45) is 3.74. The zero-order valence-corrected chi connectivity index (χ0v) is 11.5. The molecular weight excluding hydrogens is 266 g/mol. The van der Waals surface area contributed by atoms with Crippen LogP contribution >= 0.6 is 24.0 Å². The molecule has 1 aliphatic heterocycles. The maximum Gasteiger partial charge on any atom is 0.270 e. The fourth-order valence-corrected chi connectivity index (χ4v) is 2.98. The van der Waals surface area contributed by atoms with Crippen LogP contribution in [0.1, 0.15) is 28.9 Å². The Kier molecular flexibility index (Phi) is 4.54. The molecule has 3 N–H and O–H groups in total. The van der Waals surface area contributed by atoms with E-state index in [1.54, 1.807) is 12.1 Å². The Bertz CT molecular complexity index is 441. The predicted molar refractivity (Wildman–Crippen MR) is 77.9 cm³/mol. The summed E-state index contributed by atoms with van der Waals surface area (Å²) in [5, 5.41) is 3.00. The minimum absolute atomic E-state index is 0.128. The van der Waals surface area contributed by atoms with Crippen molar-refractivity contribution < 1.29 is 4.79 Å². The molecule has 1 saturated heterocycles. The van der Waals surface area contributed by atoms with E-state index in [1.165, 1.54) is 11.9 Å². The van der Waals surface area contributed by atoms with Gasteiger partial charge in [-0.05, 0) is 30.7 Å². The van der Waals surface area contributed by atoms with Gasteiger partial charge in [0.15, 0.2) is 0 Å². The number of nitrogens with one attached hydrogen (secondary N) is 1. The molecule has 1 aromatic rings. The maximum atomic E-state index is 11.9. The van der Waals surface area contributed by atoms with Crippen LogP contribution in [0.5, 0.6) is 0 Å². The minimum Gasteiger partial charge on any atom is -0.389 e. The molecule has 1 aromatic heterocycles. The van der Waals surface area contributed by atoms with Crippen LogP contribution in [0.4, 0.5) is 0 Å². The molecule has 4 nitrogen and oxygen atoms in total. The highest BCUT2D eigenvalue weighted by Crippen LogP contribution is 2.17. The first-order valence-electron chi connectivity index (χ1n) is 5.81. The van der Waals surface area contributed by atoms with Crippen LogP contribution in [0.25, 0.3) is 0 Å². The van der Waals surface area contributed by atoms with Crippen LogP contribution in [-0.2, 0) is 0 Å². The van der Waals surface area contributed by atoms with Crippen molar-refractivity contribution in [1.29, 1.82) is 0 Å². The fraction of sp³-hybridized carbons (Fsp3) is 0.417. The smallest absolute Gasteiger partial charge is 0.270 e. The molecule has 1 unspecified atom stereocenters. The summed E-state index contributed by atoms with van der Waals surface area (Å²) in [6.45, 7) is 0. The van der Waals surface area contributed by atoms with E-state index < -0.39 is 0 Å². The molecule has 2 rings (SSSR count). The molecule has 0 spiro atoms. The Morgan fingerprint density at radius 1 is 1.56 bits per heavy atom. The SMILES string of the molecule is NC(=S)c1ccc(C(=O)NC2CCCSC2)nc1. The Balaban J connectivity index is 1.97. The number of amides is 1. The Hall–Kier alpha value is -1.14. The van der Waals surface area contributed by atoms with Gasteiger partial charge >= 0.3 is 0 Å². The molecule has 6 heteroatoms. The Morgan fingerprint density at radius 3 is 2.94 bits per heavy atom. The van der Waals surface area contributed by atoms with Gasteiger partial charge in [-0.25, -0.2) is 0 Å². The van der Waals surface area contributed by atoms with Crippen molar-refractivity contribution in [2.45, 2.75) is 18.9 Å². The van der Waals surface area contributed by atoms with Gasteiger partial charge in [0.1, 0.15) is 10.7 Å². The van der Waals surface area contributed by atoms with Crippen LogP contribution in [-0.4, -0.2) is 33.4 Å². The lowest BCUT2D eigenvalue weighted by molar-refractivity contribution is 0.0933. The van der Waals surface area contributed by atoms with Crippen LogP contribution in [0.2, 0.25) is 0 Å². The molecule has 1 amide bonds. The van der Waals surface area contributed by atoms with Crippen LogP contribution in [0, 0.1) is 0 Å². The molecular formula is C12H15N3OS2. The number of nitrogens with zero attached hydrogens (tertiary/aromatic N) is 1. The minimum atomic E-state index is -0.128. The molecule has 0 bridgehead atoms. The van der Waals surface area contributed by atoms with Crippen LogP contribution in [0.3, 0.4) is 0 Å². The summed E-state index contributed by atoms with van der Waals surface area (Å²) >= 11 is 6.71. The van der Waals surface area contributed by atoms with Gasteiger partial charge in [-0.1, -0.05) is 12.2 Å². The number of thioether (sulfide) groups is 1. The van der Waals surface area contributed by atoms with E-state index in [9.17, 15) is 4.79 Å². The number of hydrogen-bond acceptors (Lipinski definition) is 4. The van der Waals surface area contributed by atoms with Crippen LogP contribution < -0.4 is 11.1 Å². The monoisotopic (exact) mass is 281 g/mol. The number of aromatic nitrogens is 1. The van der Waals surface area contributed by atoms with Crippen molar-refractivity contribution in [3.05, 3.63) is 29.6 Å². The van der Waals surface area contributed by atoms with E-state index in [4.69, 9.17) is 18.0 Å². The molecule has 1 aliphatic rings. The summed E-state index contributed by atoms with van der Waals surface area (Å²) in [4.78, 5) is 16.3. The third-order valence-electron chi connectivity index (χ3n) is 2.78. The zero-order valence-electron chi connectivity index (χ0n) is 9.89. The quantitative estimate of drug-likeness (QED) is 0.818. The molecule has 18 heavy (non-hydrogen) atoms. The van der Waals surface area contributed by atoms with E-state index in [0.717, 1.165) is 18.6 Å². The topological polar surface area (TPSA) is 68.0 Å². The molecule has 1 atom stereocenters. The van der Waals surface area contributed by atoms with Crippen LogP contribution in [0.15, 0.2) is 18.3 Å². The second-order valence-electron chi connectivity index (χ2n) is 4.18. The molecule has 0 aliphatic carbocycles. The second-order valence-corrected chi connectivity index (χ2v) is 5.77. The average Bonchev–Trinajstić information content (AvgIpc) is 2.40. The highest BCUT2D eigenvalue weighted by molar-refractivity contribution is 7.99. The van der Waals surface area contributed by atoms with Gasteiger partial charge < -0.3 is 11.1 Å². The first kappa shape index (κ1) is 13.3. The number of carbonyl (C=O) groups is 1. The lowest BCUT2D eigenvalue weighted by atomic mass is 10.2. The summed E-state index contributed by atoms with van der Waals surface area (Å²) < 4.78 is 0. The predicted octanol–water partition coefficient (Wildman–Crippen LogP) is 1.34. The van der Waals surface area contributed by atoms with Crippen molar-refractivity contribution in [3.8, 4) is 0 Å². The number of hydrogen-bond donors (Lipinski definition) is 2. The molecule has 0 saturated carbocycles. The largest absolute Gasteiger partial charge is 0.389 e. The van der Waals surface area contributed by atoms with Gasteiger partial charge in [-0.2, -0.15) is 11.8 Å². The van der Waals surface area contributed by atoms with Crippen molar-refractivity contribution in [3.63, 3.8) is 0 Å². The molecule has 96 valence electrons. The number of nitrogens with two attached hydrogens (primary N) is 1. The first-order valence-corrected chi connectivity index (χ1v) is 7.37. The van der Waals surface area contributed by atoms with Gasteiger partial charge in [0, 0.05) is 23.6 Å². The van der Waals surface area contributed by atoms with E-state index >= 15 is 0 Å². The zero-order chi connectivity index (χ0) is 13.0. The van der Waals surface area contributed by atoms with E-state index in [2.05, 4.69) is 10.3 Å². The van der Waals surface area contributed by atoms with Gasteiger partial charge in [0.05, 0.1) is 0 Å². The standard InChI is InChI=1S/C12H15N3OS2/c13-11(17)8-3-4-10(14-6-8)12(16)15-9-2-1-5-18-7-9/h3-4,6,9H,1-2,5,7H2,(H2,13,17)(H,15,16). The normalized spacial score (nSPS) is 19.2.